The molecule has 64 valence electrons. The first kappa shape index (κ1) is 10.8. The molecule has 0 heterocycles. The molecule has 11 heavy (non-hydrogen) atoms. The third-order valence-corrected chi connectivity index (χ3v) is 2.52. The van der Waals surface area contributed by atoms with Crippen molar-refractivity contribution in [3.63, 3.8) is 0 Å². The molecule has 0 aliphatic heterocycles. The SMILES string of the molecule is CC/C=C\C=C(\SC)C(C)C. The highest BCUT2D eigenvalue weighted by Gasteiger charge is 1.97. The molecule has 1 heteroatoms. The molecule has 0 aliphatic rings. The van der Waals surface area contributed by atoms with Crippen molar-refractivity contribution >= 4 is 11.8 Å². The van der Waals surface area contributed by atoms with Crippen LogP contribution in [-0.4, -0.2) is 6.26 Å². The largest absolute Gasteiger partial charge is 0.134 e. The fourth-order valence-electron chi connectivity index (χ4n) is 0.795. The molecule has 0 fully saturated rings. The number of hydrogen-bond acceptors (Lipinski definition) is 1. The standard InChI is InChI=1S/C10H18S/c1-5-6-7-8-10(11-4)9(2)3/h6-9H,5H2,1-4H3/b7-6-,10-8+. The predicted molar refractivity (Wildman–Crippen MR) is 55.9 cm³/mol. The van der Waals surface area contributed by atoms with Crippen LogP contribution in [-0.2, 0) is 0 Å². The molecule has 0 saturated heterocycles. The van der Waals surface area contributed by atoms with E-state index in [1.165, 1.54) is 4.91 Å². The van der Waals surface area contributed by atoms with Crippen molar-refractivity contribution in [1.82, 2.24) is 0 Å². The maximum absolute atomic E-state index is 2.22. The Balaban J connectivity index is 4.01. The van der Waals surface area contributed by atoms with Crippen LogP contribution in [0.4, 0.5) is 0 Å². The zero-order valence-corrected chi connectivity index (χ0v) is 8.74. The van der Waals surface area contributed by atoms with Gasteiger partial charge in [-0.2, -0.15) is 0 Å². The third kappa shape index (κ3) is 5.14. The molecule has 0 unspecified atom stereocenters. The van der Waals surface area contributed by atoms with Crippen molar-refractivity contribution in [2.75, 3.05) is 6.26 Å². The van der Waals surface area contributed by atoms with E-state index in [0.29, 0.717) is 5.92 Å². The van der Waals surface area contributed by atoms with Gasteiger partial charge >= 0.3 is 0 Å². The third-order valence-electron chi connectivity index (χ3n) is 1.44. The number of rotatable bonds is 4. The highest BCUT2D eigenvalue weighted by molar-refractivity contribution is 8.02. The average molecular weight is 170 g/mol. The van der Waals surface area contributed by atoms with Crippen LogP contribution < -0.4 is 0 Å². The van der Waals surface area contributed by atoms with Gasteiger partial charge in [-0.15, -0.1) is 11.8 Å². The van der Waals surface area contributed by atoms with E-state index >= 15 is 0 Å². The van der Waals surface area contributed by atoms with Crippen molar-refractivity contribution in [2.24, 2.45) is 5.92 Å². The summed E-state index contributed by atoms with van der Waals surface area (Å²) in [5, 5.41) is 0. The van der Waals surface area contributed by atoms with E-state index in [1.54, 1.807) is 0 Å². The van der Waals surface area contributed by atoms with E-state index in [0.717, 1.165) is 6.42 Å². The molecule has 0 spiro atoms. The molecule has 0 bridgehead atoms. The van der Waals surface area contributed by atoms with Gasteiger partial charge in [-0.05, 0) is 23.5 Å². The smallest absolute Gasteiger partial charge is 0.0130 e. The van der Waals surface area contributed by atoms with E-state index in [2.05, 4.69) is 45.3 Å². The van der Waals surface area contributed by atoms with Crippen LogP contribution in [0.25, 0.3) is 0 Å². The molecule has 0 aromatic carbocycles. The lowest BCUT2D eigenvalue weighted by atomic mass is 10.2. The Labute approximate surface area is 74.8 Å². The second-order valence-corrected chi connectivity index (χ2v) is 3.64. The number of allylic oxidation sites excluding steroid dienone is 4. The summed E-state index contributed by atoms with van der Waals surface area (Å²) >= 11 is 1.84. The molecule has 0 saturated carbocycles. The molecule has 0 N–H and O–H groups in total. The maximum atomic E-state index is 2.22. The summed E-state index contributed by atoms with van der Waals surface area (Å²) in [5.74, 6) is 0.659. The van der Waals surface area contributed by atoms with E-state index in [1.807, 2.05) is 11.8 Å². The summed E-state index contributed by atoms with van der Waals surface area (Å²) in [4.78, 5) is 1.45. The van der Waals surface area contributed by atoms with Gasteiger partial charge in [0.15, 0.2) is 0 Å². The Hall–Kier alpha value is -0.170. The molecule has 0 aromatic rings. The van der Waals surface area contributed by atoms with E-state index in [4.69, 9.17) is 0 Å². The van der Waals surface area contributed by atoms with Crippen molar-refractivity contribution in [3.05, 3.63) is 23.1 Å². The average Bonchev–Trinajstić information content (AvgIpc) is 1.97. The lowest BCUT2D eigenvalue weighted by Gasteiger charge is -2.05. The predicted octanol–water partition coefficient (Wildman–Crippen LogP) is 3.86. The summed E-state index contributed by atoms with van der Waals surface area (Å²) in [6.07, 6.45) is 9.78. The highest BCUT2D eigenvalue weighted by Crippen LogP contribution is 2.20. The molecule has 0 aliphatic carbocycles. The first-order valence-corrected chi connectivity index (χ1v) is 5.35. The lowest BCUT2D eigenvalue weighted by molar-refractivity contribution is 0.817. The molecule has 0 atom stereocenters. The van der Waals surface area contributed by atoms with Crippen molar-refractivity contribution in [1.29, 1.82) is 0 Å². The topological polar surface area (TPSA) is 0 Å². The number of hydrogen-bond donors (Lipinski definition) is 0. The maximum Gasteiger partial charge on any atom is -0.0130 e. The Morgan fingerprint density at radius 2 is 2.09 bits per heavy atom. The molecule has 0 radical (unpaired) electrons. The zero-order valence-electron chi connectivity index (χ0n) is 7.92. The first-order valence-electron chi connectivity index (χ1n) is 4.13. The second kappa shape index (κ2) is 6.53. The van der Waals surface area contributed by atoms with Gasteiger partial charge < -0.3 is 0 Å². The molecule has 0 nitrogen and oxygen atoms in total. The molecular formula is C10H18S. The minimum Gasteiger partial charge on any atom is -0.134 e. The zero-order chi connectivity index (χ0) is 8.69. The quantitative estimate of drug-likeness (QED) is 0.577. The van der Waals surface area contributed by atoms with Crippen LogP contribution >= 0.6 is 11.8 Å². The molecular weight excluding hydrogens is 152 g/mol. The van der Waals surface area contributed by atoms with E-state index in [9.17, 15) is 0 Å². The summed E-state index contributed by atoms with van der Waals surface area (Å²) < 4.78 is 0. The fourth-order valence-corrected chi connectivity index (χ4v) is 1.48. The van der Waals surface area contributed by atoms with E-state index < -0.39 is 0 Å². The van der Waals surface area contributed by atoms with Crippen molar-refractivity contribution < 1.29 is 0 Å². The van der Waals surface area contributed by atoms with Gasteiger partial charge in [0.05, 0.1) is 0 Å². The Kier molecular flexibility index (Phi) is 6.43. The minimum absolute atomic E-state index is 0.659. The van der Waals surface area contributed by atoms with Crippen LogP contribution in [0.1, 0.15) is 27.2 Å². The van der Waals surface area contributed by atoms with Crippen LogP contribution in [0.3, 0.4) is 0 Å². The van der Waals surface area contributed by atoms with Crippen molar-refractivity contribution in [2.45, 2.75) is 27.2 Å². The van der Waals surface area contributed by atoms with Gasteiger partial charge in [0, 0.05) is 0 Å². The van der Waals surface area contributed by atoms with Gasteiger partial charge in [-0.1, -0.05) is 39.0 Å². The molecule has 0 amide bonds. The van der Waals surface area contributed by atoms with Gasteiger partial charge in [0.1, 0.15) is 0 Å². The Morgan fingerprint density at radius 1 is 1.45 bits per heavy atom. The van der Waals surface area contributed by atoms with Gasteiger partial charge in [-0.25, -0.2) is 0 Å². The highest BCUT2D eigenvalue weighted by atomic mass is 32.2. The fraction of sp³-hybridized carbons (Fsp3) is 0.600. The monoisotopic (exact) mass is 170 g/mol. The first-order chi connectivity index (χ1) is 5.22. The van der Waals surface area contributed by atoms with Crippen LogP contribution in [0.5, 0.6) is 0 Å². The van der Waals surface area contributed by atoms with Gasteiger partial charge in [0.2, 0.25) is 0 Å². The molecule has 0 rings (SSSR count). The number of thioether (sulfide) groups is 1. The summed E-state index contributed by atoms with van der Waals surface area (Å²) in [5.41, 5.74) is 0. The van der Waals surface area contributed by atoms with Crippen molar-refractivity contribution in [3.8, 4) is 0 Å². The van der Waals surface area contributed by atoms with Gasteiger partial charge in [-0.3, -0.25) is 0 Å². The normalized spacial score (nSPS) is 13.4. The summed E-state index contributed by atoms with van der Waals surface area (Å²) in [6.45, 7) is 6.60. The van der Waals surface area contributed by atoms with E-state index in [-0.39, 0.29) is 0 Å². The van der Waals surface area contributed by atoms with Crippen LogP contribution in [0, 0.1) is 5.92 Å². The molecule has 0 aromatic heterocycles. The summed E-state index contributed by atoms with van der Waals surface area (Å²) in [7, 11) is 0. The van der Waals surface area contributed by atoms with Gasteiger partial charge in [0.25, 0.3) is 0 Å². The Bertz CT molecular complexity index is 143. The summed E-state index contributed by atoms with van der Waals surface area (Å²) in [6, 6.07) is 0. The minimum atomic E-state index is 0.659. The van der Waals surface area contributed by atoms with Crippen LogP contribution in [0.15, 0.2) is 23.1 Å². The Morgan fingerprint density at radius 3 is 2.45 bits per heavy atom. The van der Waals surface area contributed by atoms with Crippen LogP contribution in [0.2, 0.25) is 0 Å². The lowest BCUT2D eigenvalue weighted by Crippen LogP contribution is -1.87. The second-order valence-electron chi connectivity index (χ2n) is 2.76.